The average molecular weight is 432 g/mol. The fourth-order valence-corrected chi connectivity index (χ4v) is 5.90. The number of hydrogen-bond acceptors (Lipinski definition) is 4. The molecule has 0 bridgehead atoms. The largest absolute Gasteiger partial charge is 0.504 e. The number of halogens is 1. The number of carbonyl (C=O) groups is 1. The first kappa shape index (κ1) is 18.5. The minimum Gasteiger partial charge on any atom is -0.504 e. The number of hydrogen-bond donors (Lipinski definition) is 2. The standard InChI is InChI=1S/C18H25IO4/c1-5-12(20)16(19)18(6-2)14-11(7-8-13(21)15(14)22)9-10-17(18,3)23-4/h7-8,16,21-22H,5-6,9-10H2,1-4H3/t16?,17-,18+/m1/s1. The van der Waals surface area contributed by atoms with Crippen molar-refractivity contribution in [2.24, 2.45) is 0 Å². The smallest absolute Gasteiger partial charge is 0.161 e. The molecule has 1 unspecified atom stereocenters. The molecule has 23 heavy (non-hydrogen) atoms. The molecular formula is C18H25IO4. The predicted molar refractivity (Wildman–Crippen MR) is 98.6 cm³/mol. The lowest BCUT2D eigenvalue weighted by Crippen LogP contribution is -2.60. The van der Waals surface area contributed by atoms with Crippen LogP contribution >= 0.6 is 22.6 Å². The van der Waals surface area contributed by atoms with Gasteiger partial charge in [0.2, 0.25) is 0 Å². The van der Waals surface area contributed by atoms with Crippen LogP contribution in [-0.4, -0.2) is 32.6 Å². The molecule has 2 N–H and O–H groups in total. The van der Waals surface area contributed by atoms with Gasteiger partial charge in [-0.3, -0.25) is 4.79 Å². The fourth-order valence-electron chi connectivity index (χ4n) is 4.05. The van der Waals surface area contributed by atoms with Crippen molar-refractivity contribution in [2.45, 2.75) is 61.4 Å². The van der Waals surface area contributed by atoms with E-state index in [4.69, 9.17) is 4.74 Å². The van der Waals surface area contributed by atoms with Gasteiger partial charge in [0.15, 0.2) is 11.5 Å². The van der Waals surface area contributed by atoms with E-state index in [1.807, 2.05) is 26.8 Å². The van der Waals surface area contributed by atoms with Crippen molar-refractivity contribution < 1.29 is 19.7 Å². The first-order chi connectivity index (χ1) is 10.8. The highest BCUT2D eigenvalue weighted by Crippen LogP contribution is 2.57. The molecule has 0 fully saturated rings. The summed E-state index contributed by atoms with van der Waals surface area (Å²) >= 11 is 2.19. The summed E-state index contributed by atoms with van der Waals surface area (Å²) in [5.41, 5.74) is 0.404. The summed E-state index contributed by atoms with van der Waals surface area (Å²) < 4.78 is 5.56. The number of Topliss-reactive ketones (excluding diaryl/α,β-unsaturated/α-hetero) is 1. The zero-order chi connectivity index (χ0) is 17.4. The van der Waals surface area contributed by atoms with Crippen LogP contribution in [0, 0.1) is 0 Å². The highest BCUT2D eigenvalue weighted by molar-refractivity contribution is 14.1. The third-order valence-electron chi connectivity index (χ3n) is 5.58. The number of fused-ring (bicyclic) bond motifs is 1. The Bertz CT molecular complexity index is 615. The third kappa shape index (κ3) is 2.56. The van der Waals surface area contributed by atoms with Gasteiger partial charge in [-0.15, -0.1) is 0 Å². The van der Waals surface area contributed by atoms with E-state index >= 15 is 0 Å². The zero-order valence-electron chi connectivity index (χ0n) is 14.1. The Kier molecular flexibility index (Phi) is 5.31. The van der Waals surface area contributed by atoms with Gasteiger partial charge in [-0.2, -0.15) is 0 Å². The fraction of sp³-hybridized carbons (Fsp3) is 0.611. The molecule has 2 rings (SSSR count). The number of phenolic OH excluding ortho intramolecular Hbond substituents is 2. The number of methoxy groups -OCH3 is 1. The SMILES string of the molecule is CCC(=O)C(I)[C@]1(CC)c2c(ccc(O)c2O)CC[C@@]1(C)OC. The Hall–Kier alpha value is -0.820. The quantitative estimate of drug-likeness (QED) is 0.421. The molecule has 0 saturated heterocycles. The van der Waals surface area contributed by atoms with Crippen LogP contribution in [0.3, 0.4) is 0 Å². The number of rotatable bonds is 5. The molecule has 1 aliphatic carbocycles. The van der Waals surface area contributed by atoms with E-state index in [1.54, 1.807) is 7.11 Å². The molecule has 0 aromatic heterocycles. The van der Waals surface area contributed by atoms with Crippen molar-refractivity contribution in [3.8, 4) is 11.5 Å². The van der Waals surface area contributed by atoms with E-state index in [0.717, 1.165) is 18.4 Å². The number of ether oxygens (including phenoxy) is 1. The zero-order valence-corrected chi connectivity index (χ0v) is 16.3. The van der Waals surface area contributed by atoms with Crippen LogP contribution in [0.2, 0.25) is 0 Å². The van der Waals surface area contributed by atoms with Gasteiger partial charge in [-0.25, -0.2) is 0 Å². The van der Waals surface area contributed by atoms with Crippen LogP contribution in [0.15, 0.2) is 12.1 Å². The summed E-state index contributed by atoms with van der Waals surface area (Å²) in [7, 11) is 1.66. The van der Waals surface area contributed by atoms with Gasteiger partial charge in [0.1, 0.15) is 5.78 Å². The number of aryl methyl sites for hydroxylation is 1. The van der Waals surface area contributed by atoms with Gasteiger partial charge in [-0.05, 0) is 37.8 Å². The second-order valence-electron chi connectivity index (χ2n) is 6.41. The van der Waals surface area contributed by atoms with Crippen LogP contribution in [0.1, 0.15) is 51.2 Å². The van der Waals surface area contributed by atoms with Crippen LogP contribution in [0.4, 0.5) is 0 Å². The molecule has 4 nitrogen and oxygen atoms in total. The van der Waals surface area contributed by atoms with Crippen LogP contribution in [0.25, 0.3) is 0 Å². The number of ketones is 1. The first-order valence-electron chi connectivity index (χ1n) is 8.05. The maximum atomic E-state index is 12.6. The molecule has 0 amide bonds. The molecular weight excluding hydrogens is 407 g/mol. The highest BCUT2D eigenvalue weighted by Gasteiger charge is 2.58. The van der Waals surface area contributed by atoms with Crippen molar-refractivity contribution in [1.29, 1.82) is 0 Å². The Morgan fingerprint density at radius 3 is 2.57 bits per heavy atom. The molecule has 3 atom stereocenters. The number of benzene rings is 1. The van der Waals surface area contributed by atoms with E-state index in [9.17, 15) is 15.0 Å². The monoisotopic (exact) mass is 432 g/mol. The summed E-state index contributed by atoms with van der Waals surface area (Å²) in [6.07, 6.45) is 2.59. The van der Waals surface area contributed by atoms with E-state index in [0.29, 0.717) is 18.4 Å². The summed E-state index contributed by atoms with van der Waals surface area (Å²) in [5, 5.41) is 20.7. The predicted octanol–water partition coefficient (Wildman–Crippen LogP) is 3.88. The summed E-state index contributed by atoms with van der Waals surface area (Å²) in [4.78, 5) is 12.6. The first-order valence-corrected chi connectivity index (χ1v) is 9.29. The molecule has 1 aliphatic rings. The van der Waals surface area contributed by atoms with E-state index in [2.05, 4.69) is 22.6 Å². The molecule has 0 spiro atoms. The molecule has 1 aromatic carbocycles. The van der Waals surface area contributed by atoms with Gasteiger partial charge < -0.3 is 14.9 Å². The molecule has 0 heterocycles. The Labute approximate surface area is 151 Å². The van der Waals surface area contributed by atoms with E-state index in [1.165, 1.54) is 6.07 Å². The summed E-state index contributed by atoms with van der Waals surface area (Å²) in [6, 6.07) is 3.37. The van der Waals surface area contributed by atoms with Crippen LogP contribution in [0.5, 0.6) is 11.5 Å². The van der Waals surface area contributed by atoms with Crippen molar-refractivity contribution in [2.75, 3.05) is 7.11 Å². The van der Waals surface area contributed by atoms with Crippen molar-refractivity contribution in [3.05, 3.63) is 23.3 Å². The van der Waals surface area contributed by atoms with Crippen LogP contribution < -0.4 is 0 Å². The molecule has 0 radical (unpaired) electrons. The van der Waals surface area contributed by atoms with E-state index < -0.39 is 11.0 Å². The number of aromatic hydroxyl groups is 2. The normalized spacial score (nSPS) is 28.2. The molecule has 128 valence electrons. The maximum absolute atomic E-state index is 12.6. The number of carbonyl (C=O) groups excluding carboxylic acids is 1. The average Bonchev–Trinajstić information content (AvgIpc) is 2.57. The minimum absolute atomic E-state index is 0.113. The number of alkyl halides is 1. The van der Waals surface area contributed by atoms with Crippen molar-refractivity contribution in [3.63, 3.8) is 0 Å². The van der Waals surface area contributed by atoms with Gasteiger partial charge in [0.05, 0.1) is 9.53 Å². The topological polar surface area (TPSA) is 66.8 Å². The lowest BCUT2D eigenvalue weighted by atomic mass is 9.57. The Morgan fingerprint density at radius 2 is 2.04 bits per heavy atom. The summed E-state index contributed by atoms with van der Waals surface area (Å²) in [6.45, 7) is 5.88. The second-order valence-corrected chi connectivity index (χ2v) is 7.66. The Morgan fingerprint density at radius 1 is 1.39 bits per heavy atom. The van der Waals surface area contributed by atoms with Crippen molar-refractivity contribution >= 4 is 28.4 Å². The second kappa shape index (κ2) is 6.59. The summed E-state index contributed by atoms with van der Waals surface area (Å²) in [5.74, 6) is -0.126. The lowest BCUT2D eigenvalue weighted by Gasteiger charge is -2.54. The Balaban J connectivity index is 2.83. The molecule has 0 aliphatic heterocycles. The van der Waals surface area contributed by atoms with E-state index in [-0.39, 0.29) is 21.2 Å². The lowest BCUT2D eigenvalue weighted by molar-refractivity contribution is -0.125. The molecule has 0 saturated carbocycles. The van der Waals surface area contributed by atoms with Gasteiger partial charge in [0, 0.05) is 24.5 Å². The van der Waals surface area contributed by atoms with Crippen LogP contribution in [-0.2, 0) is 21.4 Å². The third-order valence-corrected chi connectivity index (χ3v) is 7.33. The van der Waals surface area contributed by atoms with Gasteiger partial charge in [0.25, 0.3) is 0 Å². The highest BCUT2D eigenvalue weighted by atomic mass is 127. The number of phenols is 2. The molecule has 5 heteroatoms. The van der Waals surface area contributed by atoms with Gasteiger partial charge in [-0.1, -0.05) is 42.5 Å². The van der Waals surface area contributed by atoms with Crippen molar-refractivity contribution in [1.82, 2.24) is 0 Å². The molecule has 1 aromatic rings. The van der Waals surface area contributed by atoms with Gasteiger partial charge >= 0.3 is 0 Å². The minimum atomic E-state index is -0.675. The maximum Gasteiger partial charge on any atom is 0.161 e.